The molecular formula is C18H24N4O2. The van der Waals surface area contributed by atoms with E-state index < -0.39 is 6.10 Å². The lowest BCUT2D eigenvalue weighted by Gasteiger charge is -2.15. The first-order valence-electron chi connectivity index (χ1n) is 8.35. The summed E-state index contributed by atoms with van der Waals surface area (Å²) in [7, 11) is 1.63. The number of aromatic nitrogens is 2. The molecule has 0 spiro atoms. The Hall–Kier alpha value is -2.18. The molecule has 0 radical (unpaired) electrons. The predicted molar refractivity (Wildman–Crippen MR) is 93.1 cm³/mol. The highest BCUT2D eigenvalue weighted by Gasteiger charge is 2.14. The summed E-state index contributed by atoms with van der Waals surface area (Å²) in [6, 6.07) is 7.45. The smallest absolute Gasteiger partial charge is 0.225 e. The summed E-state index contributed by atoms with van der Waals surface area (Å²) < 4.78 is 5.12. The third-order valence-electron chi connectivity index (χ3n) is 4.25. The molecule has 0 bridgehead atoms. The maximum atomic E-state index is 10.2. The SMILES string of the molecule is COc1ccc(C(O)CNCc2cnc(N3CCCC3)nc2)cc1. The molecule has 3 rings (SSSR count). The standard InChI is InChI=1S/C18H24N4O2/c1-24-16-6-4-15(5-7-16)17(23)13-19-10-14-11-20-18(21-12-14)22-8-2-3-9-22/h4-7,11-12,17,19,23H,2-3,8-10,13H2,1H3. The molecule has 2 N–H and O–H groups in total. The van der Waals surface area contributed by atoms with E-state index in [0.29, 0.717) is 13.1 Å². The maximum Gasteiger partial charge on any atom is 0.225 e. The summed E-state index contributed by atoms with van der Waals surface area (Å²) in [5, 5.41) is 13.5. The van der Waals surface area contributed by atoms with Gasteiger partial charge in [0.05, 0.1) is 13.2 Å². The summed E-state index contributed by atoms with van der Waals surface area (Å²) in [6.07, 6.45) is 5.59. The molecule has 1 aliphatic rings. The molecule has 2 aromatic rings. The lowest BCUT2D eigenvalue weighted by atomic mass is 10.1. The Morgan fingerprint density at radius 1 is 1.17 bits per heavy atom. The van der Waals surface area contributed by atoms with E-state index >= 15 is 0 Å². The van der Waals surface area contributed by atoms with Crippen LogP contribution in [0.2, 0.25) is 0 Å². The number of nitrogens with one attached hydrogen (secondary N) is 1. The van der Waals surface area contributed by atoms with Crippen molar-refractivity contribution in [3.8, 4) is 5.75 Å². The predicted octanol–water partition coefficient (Wildman–Crippen LogP) is 1.91. The number of ether oxygens (including phenoxy) is 1. The normalized spacial score (nSPS) is 15.5. The second-order valence-electron chi connectivity index (χ2n) is 6.01. The molecule has 2 heterocycles. The van der Waals surface area contributed by atoms with E-state index in [1.54, 1.807) is 7.11 Å². The highest BCUT2D eigenvalue weighted by molar-refractivity contribution is 5.31. The largest absolute Gasteiger partial charge is 0.497 e. The summed E-state index contributed by atoms with van der Waals surface area (Å²) >= 11 is 0. The first-order chi connectivity index (χ1) is 11.8. The van der Waals surface area contributed by atoms with E-state index in [2.05, 4.69) is 20.2 Å². The second kappa shape index (κ2) is 8.08. The Bertz CT molecular complexity index is 624. The molecule has 1 atom stereocenters. The first kappa shape index (κ1) is 16.7. The van der Waals surface area contributed by atoms with Crippen LogP contribution in [0.1, 0.15) is 30.1 Å². The molecule has 1 aliphatic heterocycles. The monoisotopic (exact) mass is 328 g/mol. The molecule has 0 amide bonds. The van der Waals surface area contributed by atoms with Gasteiger partial charge >= 0.3 is 0 Å². The van der Waals surface area contributed by atoms with Crippen LogP contribution in [0.3, 0.4) is 0 Å². The fraction of sp³-hybridized carbons (Fsp3) is 0.444. The fourth-order valence-corrected chi connectivity index (χ4v) is 2.82. The van der Waals surface area contributed by atoms with Crippen LogP contribution < -0.4 is 15.0 Å². The van der Waals surface area contributed by atoms with Crippen LogP contribution in [-0.2, 0) is 6.54 Å². The number of methoxy groups -OCH3 is 1. The number of hydrogen-bond acceptors (Lipinski definition) is 6. The van der Waals surface area contributed by atoms with Crippen LogP contribution in [0.15, 0.2) is 36.7 Å². The van der Waals surface area contributed by atoms with Gasteiger partial charge in [0.15, 0.2) is 0 Å². The molecule has 1 fully saturated rings. The van der Waals surface area contributed by atoms with Crippen molar-refractivity contribution >= 4 is 5.95 Å². The number of aliphatic hydroxyl groups excluding tert-OH is 1. The molecule has 1 aromatic heterocycles. The zero-order chi connectivity index (χ0) is 16.8. The number of aliphatic hydroxyl groups is 1. The minimum absolute atomic E-state index is 0.472. The van der Waals surface area contributed by atoms with Crippen molar-refractivity contribution in [2.24, 2.45) is 0 Å². The van der Waals surface area contributed by atoms with Gasteiger partial charge in [-0.05, 0) is 30.5 Å². The Kier molecular flexibility index (Phi) is 5.61. The number of rotatable bonds is 7. The summed E-state index contributed by atoms with van der Waals surface area (Å²) in [4.78, 5) is 11.1. The number of hydrogen-bond donors (Lipinski definition) is 2. The second-order valence-corrected chi connectivity index (χ2v) is 6.01. The van der Waals surface area contributed by atoms with E-state index in [0.717, 1.165) is 35.9 Å². The van der Waals surface area contributed by atoms with Crippen molar-refractivity contribution in [3.63, 3.8) is 0 Å². The lowest BCUT2D eigenvalue weighted by molar-refractivity contribution is 0.174. The molecule has 6 heteroatoms. The van der Waals surface area contributed by atoms with Gasteiger partial charge < -0.3 is 20.1 Å². The summed E-state index contributed by atoms with van der Waals surface area (Å²) in [6.45, 7) is 3.20. The van der Waals surface area contributed by atoms with Crippen molar-refractivity contribution in [1.29, 1.82) is 0 Å². The van der Waals surface area contributed by atoms with Crippen LogP contribution >= 0.6 is 0 Å². The third kappa shape index (κ3) is 4.21. The molecule has 1 saturated heterocycles. The highest BCUT2D eigenvalue weighted by Crippen LogP contribution is 2.17. The van der Waals surface area contributed by atoms with Gasteiger partial charge in [-0.15, -0.1) is 0 Å². The van der Waals surface area contributed by atoms with Crippen LogP contribution in [0.5, 0.6) is 5.75 Å². The Balaban J connectivity index is 1.46. The highest BCUT2D eigenvalue weighted by atomic mass is 16.5. The molecule has 0 saturated carbocycles. The van der Waals surface area contributed by atoms with Gasteiger partial charge in [0, 0.05) is 44.1 Å². The van der Waals surface area contributed by atoms with E-state index in [4.69, 9.17) is 4.74 Å². The average Bonchev–Trinajstić information content (AvgIpc) is 3.17. The van der Waals surface area contributed by atoms with E-state index in [-0.39, 0.29) is 0 Å². The maximum absolute atomic E-state index is 10.2. The molecule has 1 aromatic carbocycles. The van der Waals surface area contributed by atoms with Gasteiger partial charge in [-0.1, -0.05) is 12.1 Å². The molecule has 24 heavy (non-hydrogen) atoms. The van der Waals surface area contributed by atoms with Crippen LogP contribution in [-0.4, -0.2) is 41.8 Å². The van der Waals surface area contributed by atoms with E-state index in [1.165, 1.54) is 12.8 Å². The minimum atomic E-state index is -0.555. The Morgan fingerprint density at radius 2 is 1.83 bits per heavy atom. The van der Waals surface area contributed by atoms with Gasteiger partial charge in [0.2, 0.25) is 5.95 Å². The number of benzene rings is 1. The van der Waals surface area contributed by atoms with Crippen LogP contribution in [0.4, 0.5) is 5.95 Å². The van der Waals surface area contributed by atoms with E-state index in [9.17, 15) is 5.11 Å². The fourth-order valence-electron chi connectivity index (χ4n) is 2.82. The van der Waals surface area contributed by atoms with Gasteiger partial charge in [0.25, 0.3) is 0 Å². The third-order valence-corrected chi connectivity index (χ3v) is 4.25. The van der Waals surface area contributed by atoms with Gasteiger partial charge in [-0.25, -0.2) is 9.97 Å². The number of anilines is 1. The molecule has 6 nitrogen and oxygen atoms in total. The molecular weight excluding hydrogens is 304 g/mol. The van der Waals surface area contributed by atoms with Gasteiger partial charge in [-0.3, -0.25) is 0 Å². The molecule has 1 unspecified atom stereocenters. The summed E-state index contributed by atoms with van der Waals surface area (Å²) in [5.41, 5.74) is 1.88. The zero-order valence-corrected chi connectivity index (χ0v) is 14.0. The van der Waals surface area contributed by atoms with Gasteiger partial charge in [0.1, 0.15) is 5.75 Å². The Morgan fingerprint density at radius 3 is 2.46 bits per heavy atom. The summed E-state index contributed by atoms with van der Waals surface area (Å²) in [5.74, 6) is 1.60. The Labute approximate surface area is 142 Å². The average molecular weight is 328 g/mol. The van der Waals surface area contributed by atoms with Crippen molar-refractivity contribution in [3.05, 3.63) is 47.8 Å². The molecule has 0 aliphatic carbocycles. The van der Waals surface area contributed by atoms with Crippen LogP contribution in [0, 0.1) is 0 Å². The van der Waals surface area contributed by atoms with Crippen molar-refractivity contribution in [2.75, 3.05) is 31.6 Å². The first-order valence-corrected chi connectivity index (χ1v) is 8.35. The molecule has 128 valence electrons. The number of nitrogens with zero attached hydrogens (tertiary/aromatic N) is 3. The van der Waals surface area contributed by atoms with Gasteiger partial charge in [-0.2, -0.15) is 0 Å². The van der Waals surface area contributed by atoms with Crippen molar-refractivity contribution < 1.29 is 9.84 Å². The van der Waals surface area contributed by atoms with Crippen molar-refractivity contribution in [1.82, 2.24) is 15.3 Å². The minimum Gasteiger partial charge on any atom is -0.497 e. The lowest BCUT2D eigenvalue weighted by Crippen LogP contribution is -2.22. The van der Waals surface area contributed by atoms with Crippen LogP contribution in [0.25, 0.3) is 0 Å². The topological polar surface area (TPSA) is 70.5 Å². The van der Waals surface area contributed by atoms with Crippen molar-refractivity contribution in [2.45, 2.75) is 25.5 Å². The zero-order valence-electron chi connectivity index (χ0n) is 14.0. The quantitative estimate of drug-likeness (QED) is 0.809. The van der Waals surface area contributed by atoms with E-state index in [1.807, 2.05) is 36.7 Å².